The monoisotopic (exact) mass is 320 g/mol. The fourth-order valence-corrected chi connectivity index (χ4v) is 1.58. The Kier molecular flexibility index (Phi) is 5.49. The molecule has 0 aliphatic heterocycles. The summed E-state index contributed by atoms with van der Waals surface area (Å²) in [6, 6.07) is 2.31. The number of benzene rings is 1. The maximum atomic E-state index is 13.6. The van der Waals surface area contributed by atoms with Gasteiger partial charge in [-0.05, 0) is 18.1 Å². The Labute approximate surface area is 113 Å². The van der Waals surface area contributed by atoms with Crippen LogP contribution in [0.4, 0.5) is 14.5 Å². The molecule has 0 aromatic heterocycles. The summed E-state index contributed by atoms with van der Waals surface area (Å²) in [4.78, 5) is 4.07. The van der Waals surface area contributed by atoms with E-state index in [0.717, 1.165) is 12.1 Å². The number of hydrogen-bond donors (Lipinski definition) is 3. The zero-order chi connectivity index (χ0) is 13.7. The standard InChI is InChI=1S/C11H15BrF2N4/c1-6(2)5-16-11(18-15)17-10-8(13)3-7(12)4-9(10)14/h3-4,6H,5,15H2,1-2H3,(H2,16,17,18). The fraction of sp³-hybridized carbons (Fsp3) is 0.364. The van der Waals surface area contributed by atoms with Crippen LogP contribution in [0.2, 0.25) is 0 Å². The van der Waals surface area contributed by atoms with Crippen molar-refractivity contribution in [3.8, 4) is 0 Å². The van der Waals surface area contributed by atoms with Crippen LogP contribution in [-0.4, -0.2) is 12.5 Å². The van der Waals surface area contributed by atoms with Crippen LogP contribution < -0.4 is 16.6 Å². The van der Waals surface area contributed by atoms with Gasteiger partial charge in [-0.15, -0.1) is 0 Å². The van der Waals surface area contributed by atoms with Crippen molar-refractivity contribution in [3.63, 3.8) is 0 Å². The number of anilines is 1. The van der Waals surface area contributed by atoms with E-state index in [1.807, 2.05) is 13.8 Å². The van der Waals surface area contributed by atoms with Crippen LogP contribution in [0.3, 0.4) is 0 Å². The van der Waals surface area contributed by atoms with E-state index < -0.39 is 11.6 Å². The molecule has 4 nitrogen and oxygen atoms in total. The molecule has 0 bridgehead atoms. The van der Waals surface area contributed by atoms with Gasteiger partial charge in [0.2, 0.25) is 5.96 Å². The largest absolute Gasteiger partial charge is 0.320 e. The highest BCUT2D eigenvalue weighted by Crippen LogP contribution is 2.23. The molecule has 1 aromatic rings. The molecule has 0 radical (unpaired) electrons. The third kappa shape index (κ3) is 4.23. The third-order valence-corrected chi connectivity index (χ3v) is 2.46. The lowest BCUT2D eigenvalue weighted by molar-refractivity contribution is 0.589. The minimum absolute atomic E-state index is 0.115. The first kappa shape index (κ1) is 14.8. The number of nitrogens with two attached hydrogens (primary N) is 1. The van der Waals surface area contributed by atoms with Crippen molar-refractivity contribution in [1.82, 2.24) is 5.43 Å². The molecule has 0 aliphatic carbocycles. The lowest BCUT2D eigenvalue weighted by Gasteiger charge is -2.11. The molecule has 4 N–H and O–H groups in total. The molecule has 0 unspecified atom stereocenters. The molecule has 0 amide bonds. The normalized spacial score (nSPS) is 11.8. The zero-order valence-electron chi connectivity index (χ0n) is 10.1. The molecule has 1 rings (SSSR count). The van der Waals surface area contributed by atoms with Crippen molar-refractivity contribution in [2.24, 2.45) is 16.8 Å². The van der Waals surface area contributed by atoms with Crippen molar-refractivity contribution in [1.29, 1.82) is 0 Å². The van der Waals surface area contributed by atoms with Gasteiger partial charge in [-0.1, -0.05) is 29.8 Å². The van der Waals surface area contributed by atoms with Gasteiger partial charge < -0.3 is 5.32 Å². The zero-order valence-corrected chi connectivity index (χ0v) is 11.7. The van der Waals surface area contributed by atoms with E-state index >= 15 is 0 Å². The smallest absolute Gasteiger partial charge is 0.210 e. The second kappa shape index (κ2) is 6.65. The van der Waals surface area contributed by atoms with Crippen molar-refractivity contribution >= 4 is 27.6 Å². The highest BCUT2D eigenvalue weighted by molar-refractivity contribution is 9.10. The summed E-state index contributed by atoms with van der Waals surface area (Å²) in [7, 11) is 0. The van der Waals surface area contributed by atoms with E-state index in [2.05, 4.69) is 31.7 Å². The minimum atomic E-state index is -0.727. The lowest BCUT2D eigenvalue weighted by Crippen LogP contribution is -2.37. The number of hydrazine groups is 1. The van der Waals surface area contributed by atoms with Gasteiger partial charge in [0.25, 0.3) is 0 Å². The first-order chi connectivity index (χ1) is 8.43. The van der Waals surface area contributed by atoms with E-state index in [4.69, 9.17) is 5.84 Å². The van der Waals surface area contributed by atoms with E-state index in [9.17, 15) is 8.78 Å². The van der Waals surface area contributed by atoms with Crippen molar-refractivity contribution in [2.45, 2.75) is 13.8 Å². The molecular weight excluding hydrogens is 306 g/mol. The molecule has 0 fully saturated rings. The number of nitrogens with one attached hydrogen (secondary N) is 2. The molecule has 0 saturated heterocycles. The summed E-state index contributed by atoms with van der Waals surface area (Å²) >= 11 is 3.00. The molecule has 100 valence electrons. The van der Waals surface area contributed by atoms with Gasteiger partial charge >= 0.3 is 0 Å². The van der Waals surface area contributed by atoms with Gasteiger partial charge in [-0.2, -0.15) is 0 Å². The van der Waals surface area contributed by atoms with Crippen LogP contribution in [0.5, 0.6) is 0 Å². The number of guanidine groups is 1. The second-order valence-electron chi connectivity index (χ2n) is 4.10. The van der Waals surface area contributed by atoms with Crippen LogP contribution >= 0.6 is 15.9 Å². The Morgan fingerprint density at radius 2 is 1.94 bits per heavy atom. The number of nitrogens with zero attached hydrogens (tertiary/aromatic N) is 1. The highest BCUT2D eigenvalue weighted by Gasteiger charge is 2.12. The van der Waals surface area contributed by atoms with Gasteiger partial charge in [-0.3, -0.25) is 10.4 Å². The average molecular weight is 321 g/mol. The van der Waals surface area contributed by atoms with Crippen LogP contribution in [-0.2, 0) is 0 Å². The van der Waals surface area contributed by atoms with Crippen LogP contribution in [0.1, 0.15) is 13.8 Å². The second-order valence-corrected chi connectivity index (χ2v) is 5.01. The Balaban J connectivity index is 2.92. The average Bonchev–Trinajstić information content (AvgIpc) is 2.26. The molecular formula is C11H15BrF2N4. The van der Waals surface area contributed by atoms with Crippen molar-refractivity contribution in [2.75, 3.05) is 11.9 Å². The summed E-state index contributed by atoms with van der Waals surface area (Å²) in [5, 5.41) is 2.49. The maximum absolute atomic E-state index is 13.6. The van der Waals surface area contributed by atoms with Gasteiger partial charge in [0.15, 0.2) is 11.6 Å². The maximum Gasteiger partial charge on any atom is 0.210 e. The van der Waals surface area contributed by atoms with Crippen molar-refractivity contribution in [3.05, 3.63) is 28.2 Å². The molecule has 0 aliphatic rings. The SMILES string of the molecule is CC(C)CN=C(NN)Nc1c(F)cc(Br)cc1F. The molecule has 1 aromatic carbocycles. The Morgan fingerprint density at radius 1 is 1.39 bits per heavy atom. The Bertz CT molecular complexity index is 426. The predicted octanol–water partition coefficient (Wildman–Crippen LogP) is 2.61. The Hall–Kier alpha value is -1.21. The quantitative estimate of drug-likeness (QED) is 0.347. The van der Waals surface area contributed by atoms with Crippen LogP contribution in [0, 0.1) is 17.6 Å². The molecule has 0 heterocycles. The first-order valence-corrected chi connectivity index (χ1v) is 6.16. The number of aliphatic imine (C=N–C) groups is 1. The Morgan fingerprint density at radius 3 is 2.39 bits per heavy atom. The van der Waals surface area contributed by atoms with Gasteiger partial charge in [0, 0.05) is 11.0 Å². The van der Waals surface area contributed by atoms with Crippen LogP contribution in [0.25, 0.3) is 0 Å². The fourth-order valence-electron chi connectivity index (χ4n) is 1.18. The predicted molar refractivity (Wildman–Crippen MR) is 72.1 cm³/mol. The molecule has 0 saturated carbocycles. The van der Waals surface area contributed by atoms with Gasteiger partial charge in [0.1, 0.15) is 5.69 Å². The van der Waals surface area contributed by atoms with Crippen molar-refractivity contribution < 1.29 is 8.78 Å². The van der Waals surface area contributed by atoms with E-state index in [-0.39, 0.29) is 11.6 Å². The summed E-state index contributed by atoms with van der Waals surface area (Å²) in [6.45, 7) is 4.43. The lowest BCUT2D eigenvalue weighted by atomic mass is 10.2. The van der Waals surface area contributed by atoms with E-state index in [1.54, 1.807) is 0 Å². The molecule has 7 heteroatoms. The van der Waals surface area contributed by atoms with Gasteiger partial charge in [0.05, 0.1) is 0 Å². The topological polar surface area (TPSA) is 62.4 Å². The minimum Gasteiger partial charge on any atom is -0.320 e. The summed E-state index contributed by atoms with van der Waals surface area (Å²) in [5.41, 5.74) is 1.98. The third-order valence-electron chi connectivity index (χ3n) is 2.00. The highest BCUT2D eigenvalue weighted by atomic mass is 79.9. The molecule has 18 heavy (non-hydrogen) atoms. The van der Waals surface area contributed by atoms with Crippen LogP contribution in [0.15, 0.2) is 21.6 Å². The summed E-state index contributed by atoms with van der Waals surface area (Å²) in [6.07, 6.45) is 0. The van der Waals surface area contributed by atoms with Gasteiger partial charge in [-0.25, -0.2) is 14.6 Å². The first-order valence-electron chi connectivity index (χ1n) is 5.36. The molecule has 0 spiro atoms. The molecule has 0 atom stereocenters. The number of rotatable bonds is 3. The number of hydrogen-bond acceptors (Lipinski definition) is 2. The summed E-state index contributed by atoms with van der Waals surface area (Å²) in [5.74, 6) is 4.21. The summed E-state index contributed by atoms with van der Waals surface area (Å²) < 4.78 is 27.4. The van der Waals surface area contributed by atoms with E-state index in [1.165, 1.54) is 0 Å². The number of halogens is 3. The van der Waals surface area contributed by atoms with E-state index in [0.29, 0.717) is 16.9 Å².